The van der Waals surface area contributed by atoms with Crippen molar-refractivity contribution in [2.75, 3.05) is 12.4 Å². The molecule has 0 saturated heterocycles. The lowest BCUT2D eigenvalue weighted by Gasteiger charge is -2.03. The molecule has 0 aliphatic heterocycles. The van der Waals surface area contributed by atoms with E-state index in [1.165, 1.54) is 11.3 Å². The zero-order valence-electron chi connectivity index (χ0n) is 11.2. The second kappa shape index (κ2) is 5.84. The minimum absolute atomic E-state index is 0.0566. The number of hydrogen-bond donors (Lipinski definition) is 1. The second-order valence-corrected chi connectivity index (χ2v) is 5.44. The summed E-state index contributed by atoms with van der Waals surface area (Å²) in [6.45, 7) is 3.93. The Balaban J connectivity index is 1.96. The Labute approximate surface area is 116 Å². The summed E-state index contributed by atoms with van der Waals surface area (Å²) in [5.74, 6) is 0.731. The first kappa shape index (κ1) is 13.5. The van der Waals surface area contributed by atoms with Crippen molar-refractivity contribution < 1.29 is 9.53 Å². The molecule has 2 aromatic rings. The van der Waals surface area contributed by atoms with Gasteiger partial charge in [-0.25, -0.2) is 4.98 Å². The van der Waals surface area contributed by atoms with Crippen LogP contribution in [0.3, 0.4) is 0 Å². The average molecular weight is 276 g/mol. The van der Waals surface area contributed by atoms with E-state index < -0.39 is 0 Å². The molecule has 0 aliphatic carbocycles. The number of carbonyl (C=O) groups excluding carboxylic acids is 1. The highest BCUT2D eigenvalue weighted by atomic mass is 32.1. The molecule has 19 heavy (non-hydrogen) atoms. The number of aromatic nitrogens is 1. The van der Waals surface area contributed by atoms with E-state index in [1.54, 1.807) is 7.11 Å². The van der Waals surface area contributed by atoms with Crippen LogP contribution in [0.2, 0.25) is 0 Å². The molecule has 100 valence electrons. The topological polar surface area (TPSA) is 51.2 Å². The first-order valence-electron chi connectivity index (χ1n) is 5.95. The van der Waals surface area contributed by atoms with Gasteiger partial charge in [-0.3, -0.25) is 4.79 Å². The van der Waals surface area contributed by atoms with Crippen molar-refractivity contribution in [1.82, 2.24) is 4.98 Å². The quantitative estimate of drug-likeness (QED) is 0.934. The molecule has 5 heteroatoms. The van der Waals surface area contributed by atoms with Gasteiger partial charge in [0.1, 0.15) is 5.75 Å². The number of rotatable bonds is 4. The van der Waals surface area contributed by atoms with Crippen molar-refractivity contribution >= 4 is 22.4 Å². The van der Waals surface area contributed by atoms with Gasteiger partial charge in [0, 0.05) is 4.88 Å². The minimum atomic E-state index is -0.0566. The smallest absolute Gasteiger partial charge is 0.230 e. The number of aryl methyl sites for hydroxylation is 2. The Hall–Kier alpha value is -1.88. The van der Waals surface area contributed by atoms with Gasteiger partial charge in [0.25, 0.3) is 0 Å². The van der Waals surface area contributed by atoms with Crippen molar-refractivity contribution in [1.29, 1.82) is 0 Å². The molecule has 1 N–H and O–H groups in total. The predicted octanol–water partition coefficient (Wildman–Crippen LogP) is 2.95. The molecule has 0 fully saturated rings. The van der Waals surface area contributed by atoms with E-state index in [0.717, 1.165) is 21.9 Å². The summed E-state index contributed by atoms with van der Waals surface area (Å²) in [5, 5.41) is 3.48. The average Bonchev–Trinajstić information content (AvgIpc) is 2.69. The number of thiazole rings is 1. The number of hydrogen-bond acceptors (Lipinski definition) is 4. The first-order valence-corrected chi connectivity index (χ1v) is 6.77. The zero-order chi connectivity index (χ0) is 13.8. The second-order valence-electron chi connectivity index (χ2n) is 4.23. The molecule has 0 aliphatic rings. The van der Waals surface area contributed by atoms with E-state index in [-0.39, 0.29) is 5.91 Å². The van der Waals surface area contributed by atoms with Gasteiger partial charge in [-0.1, -0.05) is 12.1 Å². The van der Waals surface area contributed by atoms with Crippen LogP contribution in [0, 0.1) is 13.8 Å². The largest absolute Gasteiger partial charge is 0.497 e. The molecular formula is C14H16N2O2S. The maximum absolute atomic E-state index is 11.9. The molecule has 1 heterocycles. The van der Waals surface area contributed by atoms with Crippen molar-refractivity contribution in [3.05, 3.63) is 40.4 Å². The number of anilines is 1. The summed E-state index contributed by atoms with van der Waals surface area (Å²) in [5.41, 5.74) is 1.91. The third-order valence-corrected chi connectivity index (χ3v) is 3.79. The number of nitrogens with one attached hydrogen (secondary N) is 1. The summed E-state index contributed by atoms with van der Waals surface area (Å²) in [6, 6.07) is 7.47. The molecule has 1 aromatic heterocycles. The van der Waals surface area contributed by atoms with Crippen LogP contribution in [0.15, 0.2) is 24.3 Å². The number of benzene rings is 1. The SMILES string of the molecule is COc1ccc(CC(=O)Nc2nc(C)c(C)s2)cc1. The van der Waals surface area contributed by atoms with Gasteiger partial charge in [-0.15, -0.1) is 11.3 Å². The highest BCUT2D eigenvalue weighted by Crippen LogP contribution is 2.21. The van der Waals surface area contributed by atoms with Gasteiger partial charge in [0.2, 0.25) is 5.91 Å². The maximum Gasteiger partial charge on any atom is 0.230 e. The molecule has 0 spiro atoms. The van der Waals surface area contributed by atoms with E-state index >= 15 is 0 Å². The van der Waals surface area contributed by atoms with Gasteiger partial charge in [0.05, 0.1) is 19.2 Å². The lowest BCUT2D eigenvalue weighted by Crippen LogP contribution is -2.14. The minimum Gasteiger partial charge on any atom is -0.497 e. The van der Waals surface area contributed by atoms with Crippen LogP contribution in [0.4, 0.5) is 5.13 Å². The van der Waals surface area contributed by atoms with E-state index in [0.29, 0.717) is 11.6 Å². The van der Waals surface area contributed by atoms with Crippen LogP contribution < -0.4 is 10.1 Å². The normalized spacial score (nSPS) is 10.3. The Kier molecular flexibility index (Phi) is 4.16. The fourth-order valence-electron chi connectivity index (χ4n) is 1.62. The molecule has 2 rings (SSSR count). The molecule has 0 radical (unpaired) electrons. The predicted molar refractivity (Wildman–Crippen MR) is 76.9 cm³/mol. The Morgan fingerprint density at radius 3 is 2.53 bits per heavy atom. The molecule has 1 amide bonds. The Morgan fingerprint density at radius 1 is 1.32 bits per heavy atom. The third kappa shape index (κ3) is 3.54. The van der Waals surface area contributed by atoms with Crippen LogP contribution in [0.1, 0.15) is 16.1 Å². The van der Waals surface area contributed by atoms with E-state index in [1.807, 2.05) is 38.1 Å². The van der Waals surface area contributed by atoms with Gasteiger partial charge < -0.3 is 10.1 Å². The molecule has 4 nitrogen and oxygen atoms in total. The standard InChI is InChI=1S/C14H16N2O2S/c1-9-10(2)19-14(15-9)16-13(17)8-11-4-6-12(18-3)7-5-11/h4-7H,8H2,1-3H3,(H,15,16,17). The zero-order valence-corrected chi connectivity index (χ0v) is 12.0. The molecule has 0 unspecified atom stereocenters. The molecule has 0 atom stereocenters. The van der Waals surface area contributed by atoms with Crippen molar-refractivity contribution in [3.8, 4) is 5.75 Å². The van der Waals surface area contributed by atoms with E-state index in [4.69, 9.17) is 4.74 Å². The Bertz CT molecular complexity index is 556. The van der Waals surface area contributed by atoms with Crippen LogP contribution in [-0.4, -0.2) is 18.0 Å². The molecule has 1 aromatic carbocycles. The molecule has 0 bridgehead atoms. The van der Waals surface area contributed by atoms with Crippen LogP contribution in [-0.2, 0) is 11.2 Å². The van der Waals surface area contributed by atoms with Gasteiger partial charge in [0.15, 0.2) is 5.13 Å². The van der Waals surface area contributed by atoms with Gasteiger partial charge >= 0.3 is 0 Å². The number of nitrogens with zero attached hydrogens (tertiary/aromatic N) is 1. The highest BCUT2D eigenvalue weighted by molar-refractivity contribution is 7.15. The number of carbonyl (C=O) groups is 1. The number of amides is 1. The summed E-state index contributed by atoms with van der Waals surface area (Å²) in [4.78, 5) is 17.3. The third-order valence-electron chi connectivity index (χ3n) is 2.80. The molecular weight excluding hydrogens is 260 g/mol. The summed E-state index contributed by atoms with van der Waals surface area (Å²) in [6.07, 6.45) is 0.335. The van der Waals surface area contributed by atoms with Crippen molar-refractivity contribution in [2.24, 2.45) is 0 Å². The van der Waals surface area contributed by atoms with Gasteiger partial charge in [-0.05, 0) is 31.5 Å². The fourth-order valence-corrected chi connectivity index (χ4v) is 2.45. The number of ether oxygens (including phenoxy) is 1. The monoisotopic (exact) mass is 276 g/mol. The lowest BCUT2D eigenvalue weighted by molar-refractivity contribution is -0.115. The van der Waals surface area contributed by atoms with Gasteiger partial charge in [-0.2, -0.15) is 0 Å². The van der Waals surface area contributed by atoms with E-state index in [9.17, 15) is 4.79 Å². The summed E-state index contributed by atoms with van der Waals surface area (Å²) < 4.78 is 5.08. The first-order chi connectivity index (χ1) is 9.08. The maximum atomic E-state index is 11.9. The molecule has 0 saturated carbocycles. The summed E-state index contributed by atoms with van der Waals surface area (Å²) >= 11 is 1.50. The lowest BCUT2D eigenvalue weighted by atomic mass is 10.1. The van der Waals surface area contributed by atoms with Crippen molar-refractivity contribution in [2.45, 2.75) is 20.3 Å². The van der Waals surface area contributed by atoms with Crippen molar-refractivity contribution in [3.63, 3.8) is 0 Å². The van der Waals surface area contributed by atoms with Crippen LogP contribution >= 0.6 is 11.3 Å². The summed E-state index contributed by atoms with van der Waals surface area (Å²) in [7, 11) is 1.62. The Morgan fingerprint density at radius 2 is 2.00 bits per heavy atom. The van der Waals surface area contributed by atoms with Crippen LogP contribution in [0.25, 0.3) is 0 Å². The highest BCUT2D eigenvalue weighted by Gasteiger charge is 2.08. The van der Waals surface area contributed by atoms with Crippen LogP contribution in [0.5, 0.6) is 5.75 Å². The fraction of sp³-hybridized carbons (Fsp3) is 0.286. The van der Waals surface area contributed by atoms with E-state index in [2.05, 4.69) is 10.3 Å². The number of methoxy groups -OCH3 is 1.